The molecule has 0 fully saturated rings. The van der Waals surface area contributed by atoms with E-state index in [-0.39, 0.29) is 4.49 Å². The van der Waals surface area contributed by atoms with Crippen LogP contribution in [-0.2, 0) is 4.79 Å². The molecule has 2 nitrogen and oxygen atoms in total. The number of carbonyl (C=O) groups excluding carboxylic acids is 1. The molecule has 0 saturated heterocycles. The van der Waals surface area contributed by atoms with Gasteiger partial charge in [-0.2, -0.15) is 4.99 Å². The predicted octanol–water partition coefficient (Wildman–Crippen LogP) is 1.60. The van der Waals surface area contributed by atoms with Crippen LogP contribution >= 0.6 is 23.2 Å². The minimum atomic E-state index is -0.0525. The van der Waals surface area contributed by atoms with Crippen LogP contribution in [0, 0.1) is 0 Å². The first-order valence-electron chi connectivity index (χ1n) is 1.35. The third-order valence-electron chi connectivity index (χ3n) is 0.215. The van der Waals surface area contributed by atoms with E-state index in [2.05, 4.69) is 4.99 Å². The van der Waals surface area contributed by atoms with E-state index in [1.54, 1.807) is 0 Å². The number of halogens is 2. The third kappa shape index (κ3) is 5.70. The van der Waals surface area contributed by atoms with Gasteiger partial charge in [0.2, 0.25) is 6.08 Å². The highest BCUT2D eigenvalue weighted by Crippen LogP contribution is 2.04. The summed E-state index contributed by atoms with van der Waals surface area (Å²) in [7, 11) is 0. The number of hydrogen-bond donors (Lipinski definition) is 0. The summed E-state index contributed by atoms with van der Waals surface area (Å²) >= 11 is 10.0. The van der Waals surface area contributed by atoms with Crippen LogP contribution in [0.4, 0.5) is 0 Å². The van der Waals surface area contributed by atoms with Gasteiger partial charge in [0.1, 0.15) is 4.49 Å². The molecule has 0 aliphatic rings. The van der Waals surface area contributed by atoms with Crippen molar-refractivity contribution >= 4 is 29.3 Å². The van der Waals surface area contributed by atoms with Crippen molar-refractivity contribution in [2.24, 2.45) is 4.99 Å². The van der Waals surface area contributed by atoms with Crippen molar-refractivity contribution in [1.29, 1.82) is 0 Å². The highest BCUT2D eigenvalue weighted by molar-refractivity contribution is 6.55. The van der Waals surface area contributed by atoms with Gasteiger partial charge >= 0.3 is 0 Å². The molecule has 0 N–H and O–H groups in total. The molecular weight excluding hydrogens is 137 g/mol. The van der Waals surface area contributed by atoms with Crippen molar-refractivity contribution in [2.75, 3.05) is 0 Å². The van der Waals surface area contributed by atoms with Crippen LogP contribution in [0.3, 0.4) is 0 Å². The molecule has 0 radical (unpaired) electrons. The number of rotatable bonds is 1. The minimum Gasteiger partial charge on any atom is -0.211 e. The van der Waals surface area contributed by atoms with Gasteiger partial charge in [0.15, 0.2) is 0 Å². The van der Waals surface area contributed by atoms with E-state index in [0.717, 1.165) is 6.20 Å². The second kappa shape index (κ2) is 3.88. The van der Waals surface area contributed by atoms with Gasteiger partial charge < -0.3 is 0 Å². The lowest BCUT2D eigenvalue weighted by Gasteiger charge is -1.67. The van der Waals surface area contributed by atoms with Crippen molar-refractivity contribution in [1.82, 2.24) is 0 Å². The lowest BCUT2D eigenvalue weighted by atomic mass is 11.0. The van der Waals surface area contributed by atoms with Crippen molar-refractivity contribution < 1.29 is 4.79 Å². The Morgan fingerprint density at radius 2 is 2.29 bits per heavy atom. The van der Waals surface area contributed by atoms with Crippen molar-refractivity contribution in [3.63, 3.8) is 0 Å². The molecule has 0 rings (SSSR count). The minimum absolute atomic E-state index is 0.0525. The first kappa shape index (κ1) is 6.70. The van der Waals surface area contributed by atoms with Crippen molar-refractivity contribution in [3.8, 4) is 0 Å². The molecule has 0 saturated carbocycles. The normalized spacial score (nSPS) is 6.57. The monoisotopic (exact) mass is 137 g/mol. The number of nitrogens with zero attached hydrogens (tertiary/aromatic N) is 1. The predicted molar refractivity (Wildman–Crippen MR) is 27.9 cm³/mol. The molecule has 0 aromatic rings. The van der Waals surface area contributed by atoms with E-state index in [0.29, 0.717) is 0 Å². The van der Waals surface area contributed by atoms with E-state index >= 15 is 0 Å². The maximum Gasteiger partial charge on any atom is 0.239 e. The Morgan fingerprint density at radius 1 is 1.71 bits per heavy atom. The van der Waals surface area contributed by atoms with E-state index in [9.17, 15) is 4.79 Å². The van der Waals surface area contributed by atoms with Crippen molar-refractivity contribution in [2.45, 2.75) is 0 Å². The molecule has 0 amide bonds. The summed E-state index contributed by atoms with van der Waals surface area (Å²) in [6.45, 7) is 0. The summed E-state index contributed by atoms with van der Waals surface area (Å²) in [5, 5.41) is 0. The molecule has 4 heteroatoms. The average molecular weight is 138 g/mol. The Kier molecular flexibility index (Phi) is 3.71. The zero-order chi connectivity index (χ0) is 5.70. The van der Waals surface area contributed by atoms with Gasteiger partial charge in [-0.15, -0.1) is 0 Å². The lowest BCUT2D eigenvalue weighted by molar-refractivity contribution is 0.565. The van der Waals surface area contributed by atoms with Crippen LogP contribution in [0.2, 0.25) is 0 Å². The van der Waals surface area contributed by atoms with Gasteiger partial charge in [-0.25, -0.2) is 4.79 Å². The molecule has 7 heavy (non-hydrogen) atoms. The number of hydrogen-bond acceptors (Lipinski definition) is 2. The van der Waals surface area contributed by atoms with Crippen LogP contribution in [0.15, 0.2) is 15.7 Å². The Hall–Kier alpha value is -0.300. The zero-order valence-corrected chi connectivity index (χ0v) is 4.70. The van der Waals surface area contributed by atoms with E-state index in [1.807, 2.05) is 0 Å². The summed E-state index contributed by atoms with van der Waals surface area (Å²) in [6, 6.07) is 0. The van der Waals surface area contributed by atoms with Crippen LogP contribution < -0.4 is 0 Å². The standard InChI is InChI=1S/C3HCl2NO/c4-3(5)1-6-2-7/h1H. The molecule has 0 aromatic heterocycles. The second-order valence-corrected chi connectivity index (χ2v) is 1.65. The van der Waals surface area contributed by atoms with E-state index < -0.39 is 0 Å². The Labute approximate surface area is 50.4 Å². The second-order valence-electron chi connectivity index (χ2n) is 0.639. The average Bonchev–Trinajstić information content (AvgIpc) is 1.61. The fourth-order valence-electron chi connectivity index (χ4n) is 0.0751. The molecule has 0 heterocycles. The van der Waals surface area contributed by atoms with Gasteiger partial charge in [-0.05, 0) is 0 Å². The molecule has 0 spiro atoms. The van der Waals surface area contributed by atoms with Crippen LogP contribution in [0.25, 0.3) is 0 Å². The molecule has 0 aliphatic carbocycles. The molecule has 0 unspecified atom stereocenters. The van der Waals surface area contributed by atoms with E-state index in [1.165, 1.54) is 6.08 Å². The smallest absolute Gasteiger partial charge is 0.211 e. The van der Waals surface area contributed by atoms with Gasteiger partial charge in [0.25, 0.3) is 0 Å². The third-order valence-corrected chi connectivity index (χ3v) is 0.410. The summed E-state index contributed by atoms with van der Waals surface area (Å²) < 4.78 is -0.0525. The van der Waals surface area contributed by atoms with Crippen LogP contribution in [0.5, 0.6) is 0 Å². The molecule has 0 bridgehead atoms. The molecule has 0 aliphatic heterocycles. The van der Waals surface area contributed by atoms with E-state index in [4.69, 9.17) is 23.2 Å². The zero-order valence-electron chi connectivity index (χ0n) is 3.19. The van der Waals surface area contributed by atoms with Gasteiger partial charge in [0.05, 0.1) is 6.20 Å². The molecule has 0 aromatic carbocycles. The Balaban J connectivity index is 3.69. The first-order chi connectivity index (χ1) is 3.27. The highest BCUT2D eigenvalue weighted by atomic mass is 35.5. The number of aliphatic imine (C=N–C) groups is 1. The molecular formula is C3HCl2NO. The topological polar surface area (TPSA) is 29.4 Å². The first-order valence-corrected chi connectivity index (χ1v) is 2.11. The maximum atomic E-state index is 9.26. The van der Waals surface area contributed by atoms with Crippen LogP contribution in [0.1, 0.15) is 0 Å². The largest absolute Gasteiger partial charge is 0.239 e. The van der Waals surface area contributed by atoms with Gasteiger partial charge in [-0.3, -0.25) is 0 Å². The van der Waals surface area contributed by atoms with Crippen molar-refractivity contribution in [3.05, 3.63) is 10.7 Å². The molecule has 0 atom stereocenters. The fraction of sp³-hybridized carbons (Fsp3) is 0. The summed E-state index contributed by atoms with van der Waals surface area (Å²) in [5.41, 5.74) is 0. The quantitative estimate of drug-likeness (QED) is 0.399. The van der Waals surface area contributed by atoms with Gasteiger partial charge in [-0.1, -0.05) is 23.2 Å². The number of isocyanates is 1. The Bertz CT molecular complexity index is 121. The molecule has 38 valence electrons. The summed E-state index contributed by atoms with van der Waals surface area (Å²) in [5.74, 6) is 0. The highest BCUT2D eigenvalue weighted by Gasteiger charge is 1.74. The summed E-state index contributed by atoms with van der Waals surface area (Å²) in [6.07, 6.45) is 2.22. The maximum absolute atomic E-state index is 9.26. The Morgan fingerprint density at radius 3 is 2.43 bits per heavy atom. The summed E-state index contributed by atoms with van der Waals surface area (Å²) in [4.78, 5) is 12.2. The van der Waals surface area contributed by atoms with Crippen LogP contribution in [-0.4, -0.2) is 6.08 Å². The SMILES string of the molecule is O=C=NC=C(Cl)Cl. The van der Waals surface area contributed by atoms with Gasteiger partial charge in [0, 0.05) is 0 Å². The lowest BCUT2D eigenvalue weighted by Crippen LogP contribution is -1.48. The fourth-order valence-corrected chi connectivity index (χ4v) is 0.173.